The molecule has 4 rings (SSSR count). The van der Waals surface area contributed by atoms with Gasteiger partial charge in [-0.25, -0.2) is 4.79 Å². The van der Waals surface area contributed by atoms with E-state index < -0.39 is 6.03 Å². The highest BCUT2D eigenvalue weighted by molar-refractivity contribution is 9.10. The van der Waals surface area contributed by atoms with Crippen molar-refractivity contribution in [2.24, 2.45) is 0 Å². The van der Waals surface area contributed by atoms with Crippen LogP contribution in [-0.4, -0.2) is 23.9 Å². The number of rotatable bonds is 9. The van der Waals surface area contributed by atoms with E-state index in [4.69, 9.17) is 9.47 Å². The molecule has 6 nitrogen and oxygen atoms in total. The van der Waals surface area contributed by atoms with Crippen LogP contribution in [0, 0.1) is 6.92 Å². The van der Waals surface area contributed by atoms with E-state index in [0.717, 1.165) is 26.7 Å². The molecule has 184 valence electrons. The van der Waals surface area contributed by atoms with E-state index in [-0.39, 0.29) is 18.1 Å². The zero-order valence-corrected chi connectivity index (χ0v) is 21.8. The number of ether oxygens (including phenoxy) is 2. The van der Waals surface area contributed by atoms with Crippen LogP contribution in [-0.2, 0) is 24.4 Å². The van der Waals surface area contributed by atoms with Crippen LogP contribution >= 0.6 is 15.9 Å². The highest BCUT2D eigenvalue weighted by Crippen LogP contribution is 2.35. The summed E-state index contributed by atoms with van der Waals surface area (Å²) in [6, 6.07) is 18.9. The summed E-state index contributed by atoms with van der Waals surface area (Å²) in [5.74, 6) is 0.775. The first-order valence-electron chi connectivity index (χ1n) is 11.5. The number of hydrogen-bond donors (Lipinski definition) is 1. The summed E-state index contributed by atoms with van der Waals surface area (Å²) in [5, 5.41) is 2.69. The maximum Gasteiger partial charge on any atom is 0.329 e. The number of benzene rings is 3. The van der Waals surface area contributed by atoms with Crippen molar-refractivity contribution in [3.8, 4) is 11.5 Å². The monoisotopic (exact) mass is 546 g/mol. The number of halogens is 1. The summed E-state index contributed by atoms with van der Waals surface area (Å²) in [6.07, 6.45) is 3.98. The molecule has 0 radical (unpaired) electrons. The highest BCUT2D eigenvalue weighted by Gasteiger charge is 2.33. The number of nitrogens with one attached hydrogen (secondary N) is 1. The first kappa shape index (κ1) is 25.3. The number of amides is 3. The summed E-state index contributed by atoms with van der Waals surface area (Å²) in [7, 11) is 1.57. The Hall–Kier alpha value is -3.84. The second-order valence-corrected chi connectivity index (χ2v) is 9.40. The number of allylic oxidation sites excluding steroid dienone is 1. The first-order valence-corrected chi connectivity index (χ1v) is 12.3. The van der Waals surface area contributed by atoms with Crippen molar-refractivity contribution in [1.82, 2.24) is 10.2 Å². The minimum atomic E-state index is -0.445. The van der Waals surface area contributed by atoms with Crippen LogP contribution in [0.2, 0.25) is 0 Å². The molecule has 7 heteroatoms. The summed E-state index contributed by atoms with van der Waals surface area (Å²) in [4.78, 5) is 26.7. The number of urea groups is 1. The van der Waals surface area contributed by atoms with Crippen LogP contribution in [0.1, 0.15) is 27.8 Å². The van der Waals surface area contributed by atoms with Gasteiger partial charge in [-0.3, -0.25) is 9.69 Å². The Morgan fingerprint density at radius 2 is 1.72 bits per heavy atom. The number of nitrogens with zero attached hydrogens (tertiary/aromatic N) is 1. The Morgan fingerprint density at radius 3 is 2.39 bits per heavy atom. The first-order chi connectivity index (χ1) is 17.4. The molecule has 0 spiro atoms. The topological polar surface area (TPSA) is 67.9 Å². The normalized spacial score (nSPS) is 14.2. The van der Waals surface area contributed by atoms with Gasteiger partial charge in [-0.05, 0) is 60.4 Å². The van der Waals surface area contributed by atoms with Crippen LogP contribution in [0.25, 0.3) is 6.08 Å². The molecule has 1 aliphatic rings. The van der Waals surface area contributed by atoms with Crippen molar-refractivity contribution in [1.29, 1.82) is 0 Å². The highest BCUT2D eigenvalue weighted by atomic mass is 79.9. The molecule has 0 unspecified atom stereocenters. The largest absolute Gasteiger partial charge is 0.493 e. The minimum Gasteiger partial charge on any atom is -0.493 e. The van der Waals surface area contributed by atoms with Crippen LogP contribution < -0.4 is 14.8 Å². The second-order valence-electron chi connectivity index (χ2n) is 8.48. The zero-order chi connectivity index (χ0) is 25.7. The molecule has 1 fully saturated rings. The van der Waals surface area contributed by atoms with Crippen LogP contribution in [0.3, 0.4) is 0 Å². The van der Waals surface area contributed by atoms with Gasteiger partial charge in [0, 0.05) is 10.0 Å². The van der Waals surface area contributed by atoms with Crippen molar-refractivity contribution < 1.29 is 19.1 Å². The molecule has 3 aromatic rings. The number of carbonyl (C=O) groups is 2. The molecule has 0 saturated carbocycles. The molecule has 0 aromatic heterocycles. The van der Waals surface area contributed by atoms with Crippen LogP contribution in [0.4, 0.5) is 4.79 Å². The molecule has 1 N–H and O–H groups in total. The van der Waals surface area contributed by atoms with Crippen molar-refractivity contribution in [2.45, 2.75) is 26.5 Å². The summed E-state index contributed by atoms with van der Waals surface area (Å²) in [5.41, 5.74) is 4.80. The lowest BCUT2D eigenvalue weighted by Gasteiger charge is -2.16. The Morgan fingerprint density at radius 1 is 1.03 bits per heavy atom. The lowest BCUT2D eigenvalue weighted by Crippen LogP contribution is -2.30. The second kappa shape index (κ2) is 11.3. The molecular weight excluding hydrogens is 520 g/mol. The quantitative estimate of drug-likeness (QED) is 0.198. The Bertz CT molecular complexity index is 1310. The fraction of sp³-hybridized carbons (Fsp3) is 0.172. The van der Waals surface area contributed by atoms with Crippen molar-refractivity contribution in [2.75, 3.05) is 7.11 Å². The van der Waals surface area contributed by atoms with Crippen LogP contribution in [0.15, 0.2) is 83.5 Å². The van der Waals surface area contributed by atoms with Gasteiger partial charge in [0.2, 0.25) is 0 Å². The molecule has 3 amide bonds. The van der Waals surface area contributed by atoms with E-state index >= 15 is 0 Å². The van der Waals surface area contributed by atoms with Gasteiger partial charge >= 0.3 is 6.03 Å². The van der Waals surface area contributed by atoms with Crippen molar-refractivity contribution in [3.05, 3.63) is 111 Å². The van der Waals surface area contributed by atoms with Gasteiger partial charge in [0.15, 0.2) is 11.5 Å². The molecule has 1 heterocycles. The summed E-state index contributed by atoms with van der Waals surface area (Å²) in [6.45, 7) is 6.42. The number of carbonyl (C=O) groups excluding carboxylic acids is 2. The molecule has 36 heavy (non-hydrogen) atoms. The summed E-state index contributed by atoms with van der Waals surface area (Å²) < 4.78 is 12.8. The third-order valence-electron chi connectivity index (χ3n) is 5.77. The SMILES string of the molecule is C=CCc1cc(/C=C2/NC(=O)N(Cc3ccc(C)cc3)C2=O)cc(OC)c1OCc1ccc(Br)cc1. The van der Waals surface area contributed by atoms with Crippen LogP contribution in [0.5, 0.6) is 11.5 Å². The maximum atomic E-state index is 13.0. The predicted octanol–water partition coefficient (Wildman–Crippen LogP) is 6.17. The van der Waals surface area contributed by atoms with E-state index in [1.165, 1.54) is 4.90 Å². The number of hydrogen-bond acceptors (Lipinski definition) is 4. The average molecular weight is 547 g/mol. The fourth-order valence-corrected chi connectivity index (χ4v) is 4.15. The Balaban J connectivity index is 1.58. The molecule has 0 aliphatic carbocycles. The van der Waals surface area contributed by atoms with Gasteiger partial charge in [0.25, 0.3) is 5.91 Å². The molecular formula is C29H27BrN2O4. The number of imide groups is 1. The zero-order valence-electron chi connectivity index (χ0n) is 20.2. The van der Waals surface area contributed by atoms with Crippen molar-refractivity contribution >= 4 is 33.9 Å². The molecule has 3 aromatic carbocycles. The summed E-state index contributed by atoms with van der Waals surface area (Å²) >= 11 is 3.44. The predicted molar refractivity (Wildman–Crippen MR) is 144 cm³/mol. The molecule has 1 aliphatic heterocycles. The van der Waals surface area contributed by atoms with Gasteiger partial charge in [0.05, 0.1) is 13.7 Å². The van der Waals surface area contributed by atoms with Gasteiger partial charge in [-0.1, -0.05) is 64.0 Å². The van der Waals surface area contributed by atoms with E-state index in [2.05, 4.69) is 27.8 Å². The third kappa shape index (κ3) is 5.86. The lowest BCUT2D eigenvalue weighted by molar-refractivity contribution is -0.123. The molecule has 1 saturated heterocycles. The standard InChI is InChI=1S/C29H27BrN2O4/c1-4-5-23-14-22(16-26(35-3)27(23)36-18-21-10-12-24(30)13-11-21)15-25-28(33)32(29(34)31-25)17-20-8-6-19(2)7-9-20/h4,6-16H,1,5,17-18H2,2-3H3,(H,31,34)/b25-15+. The van der Waals surface area contributed by atoms with E-state index in [0.29, 0.717) is 30.1 Å². The fourth-order valence-electron chi connectivity index (χ4n) is 3.88. The van der Waals surface area contributed by atoms with Crippen molar-refractivity contribution in [3.63, 3.8) is 0 Å². The molecule has 0 atom stereocenters. The van der Waals surface area contributed by atoms with Gasteiger partial charge in [0.1, 0.15) is 12.3 Å². The maximum absolute atomic E-state index is 13.0. The minimum absolute atomic E-state index is 0.205. The van der Waals surface area contributed by atoms with Gasteiger partial charge < -0.3 is 14.8 Å². The Labute approximate surface area is 219 Å². The van der Waals surface area contributed by atoms with Gasteiger partial charge in [-0.2, -0.15) is 0 Å². The van der Waals surface area contributed by atoms with E-state index in [1.54, 1.807) is 25.3 Å². The Kier molecular flexibility index (Phi) is 7.90. The van der Waals surface area contributed by atoms with Gasteiger partial charge in [-0.15, -0.1) is 6.58 Å². The smallest absolute Gasteiger partial charge is 0.329 e. The lowest BCUT2D eigenvalue weighted by atomic mass is 10.0. The number of methoxy groups -OCH3 is 1. The number of aryl methyl sites for hydroxylation is 1. The average Bonchev–Trinajstić information content (AvgIpc) is 3.12. The molecule has 0 bridgehead atoms. The van der Waals surface area contributed by atoms with E-state index in [1.807, 2.05) is 61.5 Å². The van der Waals surface area contributed by atoms with E-state index in [9.17, 15) is 9.59 Å². The third-order valence-corrected chi connectivity index (χ3v) is 6.30.